The maximum Gasteiger partial charge on any atom is 0.165 e. The number of imidazole rings is 1. The summed E-state index contributed by atoms with van der Waals surface area (Å²) < 4.78 is 7.45. The highest BCUT2D eigenvalue weighted by molar-refractivity contribution is 5.80. The fraction of sp³-hybridized carbons (Fsp3) is 0.545. The molecular weight excluding hydrogens is 218 g/mol. The molecule has 0 unspecified atom stereocenters. The van der Waals surface area contributed by atoms with Crippen molar-refractivity contribution in [2.75, 3.05) is 18.9 Å². The number of aromatic nitrogens is 4. The maximum absolute atomic E-state index is 5.71. The van der Waals surface area contributed by atoms with E-state index in [1.165, 1.54) is 6.33 Å². The van der Waals surface area contributed by atoms with E-state index in [1.807, 2.05) is 4.57 Å². The molecule has 0 atom stereocenters. The molecule has 0 amide bonds. The van der Waals surface area contributed by atoms with Crippen molar-refractivity contribution in [3.63, 3.8) is 0 Å². The predicted molar refractivity (Wildman–Crippen MR) is 65.4 cm³/mol. The highest BCUT2D eigenvalue weighted by atomic mass is 16.5. The Kier molecular flexibility index (Phi) is 3.53. The summed E-state index contributed by atoms with van der Waals surface area (Å²) in [6.07, 6.45) is 3.17. The lowest BCUT2D eigenvalue weighted by Gasteiger charge is -2.07. The molecule has 6 heteroatoms. The molecular formula is C11H17N5O. The van der Waals surface area contributed by atoms with Crippen molar-refractivity contribution in [2.24, 2.45) is 5.92 Å². The van der Waals surface area contributed by atoms with Crippen molar-refractivity contribution in [3.8, 4) is 0 Å². The van der Waals surface area contributed by atoms with Crippen LogP contribution in [0.5, 0.6) is 0 Å². The Labute approximate surface area is 99.8 Å². The van der Waals surface area contributed by atoms with E-state index in [0.717, 1.165) is 18.8 Å². The van der Waals surface area contributed by atoms with Crippen LogP contribution in [0.1, 0.15) is 13.8 Å². The lowest BCUT2D eigenvalue weighted by Crippen LogP contribution is -2.09. The van der Waals surface area contributed by atoms with Gasteiger partial charge in [0.2, 0.25) is 0 Å². The molecule has 0 saturated heterocycles. The van der Waals surface area contributed by atoms with Gasteiger partial charge in [-0.2, -0.15) is 0 Å². The Morgan fingerprint density at radius 3 is 2.94 bits per heavy atom. The molecule has 2 aromatic rings. The van der Waals surface area contributed by atoms with Crippen LogP contribution in [-0.2, 0) is 11.3 Å². The number of hydrogen-bond acceptors (Lipinski definition) is 5. The van der Waals surface area contributed by atoms with E-state index in [-0.39, 0.29) is 0 Å². The zero-order valence-electron chi connectivity index (χ0n) is 10.1. The summed E-state index contributed by atoms with van der Waals surface area (Å²) in [5.74, 6) is 0.962. The van der Waals surface area contributed by atoms with Gasteiger partial charge in [-0.15, -0.1) is 0 Å². The third-order valence-electron chi connectivity index (χ3n) is 2.36. The van der Waals surface area contributed by atoms with Crippen molar-refractivity contribution in [2.45, 2.75) is 20.4 Å². The maximum atomic E-state index is 5.71. The number of nitrogen functional groups attached to an aromatic ring is 1. The second-order valence-corrected chi connectivity index (χ2v) is 4.34. The van der Waals surface area contributed by atoms with Crippen LogP contribution in [0.2, 0.25) is 0 Å². The van der Waals surface area contributed by atoms with Crippen LogP contribution in [0.4, 0.5) is 5.82 Å². The van der Waals surface area contributed by atoms with Gasteiger partial charge in [-0.1, -0.05) is 13.8 Å². The number of nitrogens with two attached hydrogens (primary N) is 1. The fourth-order valence-corrected chi connectivity index (χ4v) is 1.54. The van der Waals surface area contributed by atoms with Crippen LogP contribution in [0.15, 0.2) is 12.7 Å². The summed E-state index contributed by atoms with van der Waals surface area (Å²) in [6.45, 7) is 6.39. The number of anilines is 1. The summed E-state index contributed by atoms with van der Waals surface area (Å²) in [4.78, 5) is 12.3. The van der Waals surface area contributed by atoms with Crippen LogP contribution >= 0.6 is 0 Å². The summed E-state index contributed by atoms with van der Waals surface area (Å²) >= 11 is 0. The first-order chi connectivity index (χ1) is 8.18. The first-order valence-corrected chi connectivity index (χ1v) is 5.67. The first kappa shape index (κ1) is 11.8. The van der Waals surface area contributed by atoms with E-state index in [0.29, 0.717) is 23.9 Å². The van der Waals surface area contributed by atoms with Gasteiger partial charge in [0.15, 0.2) is 11.5 Å². The predicted octanol–water partition coefficient (Wildman–Crippen LogP) is 1.08. The minimum Gasteiger partial charge on any atom is -0.382 e. The van der Waals surface area contributed by atoms with Crippen molar-refractivity contribution < 1.29 is 4.74 Å². The highest BCUT2D eigenvalue weighted by Gasteiger charge is 2.07. The summed E-state index contributed by atoms with van der Waals surface area (Å²) in [5.41, 5.74) is 7.11. The van der Waals surface area contributed by atoms with Crippen LogP contribution in [0, 0.1) is 5.92 Å². The van der Waals surface area contributed by atoms with E-state index in [4.69, 9.17) is 10.5 Å². The van der Waals surface area contributed by atoms with Crippen molar-refractivity contribution >= 4 is 17.0 Å². The molecule has 17 heavy (non-hydrogen) atoms. The molecule has 2 aromatic heterocycles. The van der Waals surface area contributed by atoms with E-state index in [1.54, 1.807) is 6.33 Å². The minimum absolute atomic E-state index is 0.414. The van der Waals surface area contributed by atoms with Gasteiger partial charge in [0, 0.05) is 13.2 Å². The van der Waals surface area contributed by atoms with Crippen LogP contribution in [0.25, 0.3) is 11.2 Å². The number of fused-ring (bicyclic) bond motifs is 1. The third kappa shape index (κ3) is 2.71. The fourth-order valence-electron chi connectivity index (χ4n) is 1.54. The Morgan fingerprint density at radius 2 is 2.18 bits per heavy atom. The monoisotopic (exact) mass is 235 g/mol. The van der Waals surface area contributed by atoms with Gasteiger partial charge >= 0.3 is 0 Å². The van der Waals surface area contributed by atoms with Gasteiger partial charge in [-0.25, -0.2) is 15.0 Å². The van der Waals surface area contributed by atoms with Crippen molar-refractivity contribution in [3.05, 3.63) is 12.7 Å². The van der Waals surface area contributed by atoms with Crippen LogP contribution in [-0.4, -0.2) is 32.7 Å². The lowest BCUT2D eigenvalue weighted by molar-refractivity contribution is 0.103. The molecule has 2 rings (SSSR count). The second-order valence-electron chi connectivity index (χ2n) is 4.34. The summed E-state index contributed by atoms with van der Waals surface area (Å²) in [5, 5.41) is 0. The Hall–Kier alpha value is -1.69. The van der Waals surface area contributed by atoms with Crippen molar-refractivity contribution in [1.29, 1.82) is 0 Å². The SMILES string of the molecule is CC(C)COCCn1cnc2c(N)ncnc21. The quantitative estimate of drug-likeness (QED) is 0.784. The average molecular weight is 235 g/mol. The van der Waals surface area contributed by atoms with E-state index < -0.39 is 0 Å². The van der Waals surface area contributed by atoms with Crippen LogP contribution < -0.4 is 5.73 Å². The molecule has 0 aliphatic heterocycles. The molecule has 0 radical (unpaired) electrons. The highest BCUT2D eigenvalue weighted by Crippen LogP contribution is 2.13. The topological polar surface area (TPSA) is 78.9 Å². The number of nitrogens with zero attached hydrogens (tertiary/aromatic N) is 4. The minimum atomic E-state index is 0.414. The van der Waals surface area contributed by atoms with E-state index in [9.17, 15) is 0 Å². The molecule has 92 valence electrons. The smallest absolute Gasteiger partial charge is 0.165 e. The average Bonchev–Trinajstić information content (AvgIpc) is 2.69. The largest absolute Gasteiger partial charge is 0.382 e. The Balaban J connectivity index is 2.02. The zero-order chi connectivity index (χ0) is 12.3. The molecule has 0 aromatic carbocycles. The molecule has 0 aliphatic carbocycles. The van der Waals surface area contributed by atoms with Crippen LogP contribution in [0.3, 0.4) is 0 Å². The third-order valence-corrected chi connectivity index (χ3v) is 2.36. The van der Waals surface area contributed by atoms with E-state index >= 15 is 0 Å². The molecule has 0 bridgehead atoms. The molecule has 0 spiro atoms. The van der Waals surface area contributed by atoms with Gasteiger partial charge in [0.25, 0.3) is 0 Å². The van der Waals surface area contributed by atoms with Gasteiger partial charge in [0.1, 0.15) is 11.8 Å². The van der Waals surface area contributed by atoms with Crippen molar-refractivity contribution in [1.82, 2.24) is 19.5 Å². The van der Waals surface area contributed by atoms with Gasteiger partial charge < -0.3 is 15.0 Å². The van der Waals surface area contributed by atoms with Gasteiger partial charge in [0.05, 0.1) is 12.9 Å². The number of ether oxygens (including phenoxy) is 1. The molecule has 6 nitrogen and oxygen atoms in total. The Morgan fingerprint density at radius 1 is 1.35 bits per heavy atom. The first-order valence-electron chi connectivity index (χ1n) is 5.67. The molecule has 2 heterocycles. The Bertz CT molecular complexity index is 494. The standard InChI is InChI=1S/C11H17N5O/c1-8(2)5-17-4-3-16-7-15-9-10(12)13-6-14-11(9)16/h6-8H,3-5H2,1-2H3,(H2,12,13,14). The second kappa shape index (κ2) is 5.09. The lowest BCUT2D eigenvalue weighted by atomic mass is 10.2. The summed E-state index contributed by atoms with van der Waals surface area (Å²) in [6, 6.07) is 0. The molecule has 2 N–H and O–H groups in total. The molecule has 0 aliphatic rings. The summed E-state index contributed by atoms with van der Waals surface area (Å²) in [7, 11) is 0. The van der Waals surface area contributed by atoms with E-state index in [2.05, 4.69) is 28.8 Å². The zero-order valence-corrected chi connectivity index (χ0v) is 10.1. The van der Waals surface area contributed by atoms with Gasteiger partial charge in [-0.3, -0.25) is 0 Å². The van der Waals surface area contributed by atoms with Gasteiger partial charge in [-0.05, 0) is 5.92 Å². The number of rotatable bonds is 5. The molecule has 0 fully saturated rings. The normalized spacial score (nSPS) is 11.5. The number of hydrogen-bond donors (Lipinski definition) is 1. The molecule has 0 saturated carbocycles.